The summed E-state index contributed by atoms with van der Waals surface area (Å²) in [6.45, 7) is 7.78. The van der Waals surface area contributed by atoms with Gasteiger partial charge >= 0.3 is 0 Å². The van der Waals surface area contributed by atoms with Crippen LogP contribution in [0.25, 0.3) is 0 Å². The van der Waals surface area contributed by atoms with Crippen LogP contribution in [0.1, 0.15) is 31.9 Å². The Bertz CT molecular complexity index is 559. The Morgan fingerprint density at radius 3 is 2.29 bits per heavy atom. The van der Waals surface area contributed by atoms with Crippen molar-refractivity contribution in [2.75, 3.05) is 0 Å². The summed E-state index contributed by atoms with van der Waals surface area (Å²) in [4.78, 5) is 4.34. The summed E-state index contributed by atoms with van der Waals surface area (Å²) in [6, 6.07) is 12.0. The van der Waals surface area contributed by atoms with Gasteiger partial charge in [0.15, 0.2) is 0 Å². The van der Waals surface area contributed by atoms with Gasteiger partial charge in [0.25, 0.3) is 0 Å². The number of benzene rings is 1. The second kappa shape index (κ2) is 7.05. The summed E-state index contributed by atoms with van der Waals surface area (Å²) < 4.78 is 6.76. The van der Waals surface area contributed by atoms with Gasteiger partial charge in [-0.1, -0.05) is 34.1 Å². The fourth-order valence-electron chi connectivity index (χ4n) is 1.71. The molecular weight excluding hydrogens is 328 g/mol. The number of hydrogen-bond acceptors (Lipinski definition) is 3. The lowest BCUT2D eigenvalue weighted by molar-refractivity contribution is 0.293. The molecular formula is C17H21BrN2O. The normalized spacial score (nSPS) is 11.4. The smallest absolute Gasteiger partial charge is 0.213 e. The van der Waals surface area contributed by atoms with Gasteiger partial charge < -0.3 is 10.1 Å². The molecule has 0 aliphatic heterocycles. The van der Waals surface area contributed by atoms with Gasteiger partial charge in [-0.25, -0.2) is 4.98 Å². The predicted octanol–water partition coefficient (Wildman–Crippen LogP) is 4.31. The average Bonchev–Trinajstić information content (AvgIpc) is 2.45. The average molecular weight is 349 g/mol. The van der Waals surface area contributed by atoms with E-state index >= 15 is 0 Å². The van der Waals surface area contributed by atoms with E-state index < -0.39 is 0 Å². The first kappa shape index (κ1) is 16.0. The molecule has 0 saturated heterocycles. The monoisotopic (exact) mass is 348 g/mol. The van der Waals surface area contributed by atoms with Crippen molar-refractivity contribution >= 4 is 15.9 Å². The van der Waals surface area contributed by atoms with Crippen LogP contribution in [0.5, 0.6) is 5.88 Å². The zero-order valence-electron chi connectivity index (χ0n) is 12.7. The number of ether oxygens (including phenoxy) is 1. The third-order valence-corrected chi connectivity index (χ3v) is 3.45. The molecule has 0 radical (unpaired) electrons. The Hall–Kier alpha value is -1.39. The van der Waals surface area contributed by atoms with Crippen LogP contribution in [0.2, 0.25) is 0 Å². The molecule has 2 rings (SSSR count). The zero-order valence-corrected chi connectivity index (χ0v) is 14.3. The zero-order chi connectivity index (χ0) is 15.3. The molecule has 0 atom stereocenters. The molecule has 2 aromatic rings. The lowest BCUT2D eigenvalue weighted by atomic mass is 10.1. The molecule has 21 heavy (non-hydrogen) atoms. The molecule has 1 aromatic heterocycles. The highest BCUT2D eigenvalue weighted by Gasteiger charge is 2.08. The van der Waals surface area contributed by atoms with Gasteiger partial charge in [-0.2, -0.15) is 0 Å². The minimum Gasteiger partial charge on any atom is -0.473 e. The van der Waals surface area contributed by atoms with Crippen LogP contribution < -0.4 is 10.1 Å². The summed E-state index contributed by atoms with van der Waals surface area (Å²) in [5.41, 5.74) is 2.39. The van der Waals surface area contributed by atoms with E-state index in [0.717, 1.165) is 22.1 Å². The van der Waals surface area contributed by atoms with Crippen molar-refractivity contribution < 1.29 is 4.74 Å². The van der Waals surface area contributed by atoms with Gasteiger partial charge in [-0.05, 0) is 44.0 Å². The molecule has 0 aliphatic rings. The maximum atomic E-state index is 5.69. The summed E-state index contributed by atoms with van der Waals surface area (Å²) in [5.74, 6) is 0.650. The SMILES string of the molecule is CC(C)(C)NCc1ccc(OCc2ccc(Br)cc2)nc1. The van der Waals surface area contributed by atoms with Gasteiger partial charge in [-0.15, -0.1) is 0 Å². The number of pyridine rings is 1. The minimum absolute atomic E-state index is 0.108. The number of rotatable bonds is 5. The van der Waals surface area contributed by atoms with Crippen molar-refractivity contribution in [1.82, 2.24) is 10.3 Å². The highest BCUT2D eigenvalue weighted by atomic mass is 79.9. The summed E-state index contributed by atoms with van der Waals surface area (Å²) >= 11 is 3.42. The Kier molecular flexibility index (Phi) is 5.37. The summed E-state index contributed by atoms with van der Waals surface area (Å²) in [5, 5.41) is 3.44. The van der Waals surface area contributed by atoms with E-state index in [1.807, 2.05) is 42.6 Å². The van der Waals surface area contributed by atoms with Gasteiger partial charge in [0.1, 0.15) is 6.61 Å². The number of nitrogens with one attached hydrogen (secondary N) is 1. The van der Waals surface area contributed by atoms with Crippen LogP contribution in [0.15, 0.2) is 47.1 Å². The van der Waals surface area contributed by atoms with Crippen LogP contribution in [0.3, 0.4) is 0 Å². The number of aromatic nitrogens is 1. The highest BCUT2D eigenvalue weighted by Crippen LogP contribution is 2.14. The fourth-order valence-corrected chi connectivity index (χ4v) is 1.97. The van der Waals surface area contributed by atoms with E-state index in [1.165, 1.54) is 0 Å². The minimum atomic E-state index is 0.108. The number of hydrogen-bond donors (Lipinski definition) is 1. The van der Waals surface area contributed by atoms with Crippen molar-refractivity contribution in [3.05, 3.63) is 58.2 Å². The van der Waals surface area contributed by atoms with E-state index in [0.29, 0.717) is 12.5 Å². The maximum Gasteiger partial charge on any atom is 0.213 e. The lowest BCUT2D eigenvalue weighted by Gasteiger charge is -2.20. The topological polar surface area (TPSA) is 34.1 Å². The van der Waals surface area contributed by atoms with Crippen LogP contribution in [-0.4, -0.2) is 10.5 Å². The van der Waals surface area contributed by atoms with E-state index in [1.54, 1.807) is 0 Å². The Balaban J connectivity index is 1.86. The molecule has 0 fully saturated rings. The van der Waals surface area contributed by atoms with Crippen LogP contribution in [-0.2, 0) is 13.2 Å². The fraction of sp³-hybridized carbons (Fsp3) is 0.353. The van der Waals surface area contributed by atoms with E-state index in [2.05, 4.69) is 47.0 Å². The Morgan fingerprint density at radius 1 is 1.05 bits per heavy atom. The molecule has 0 saturated carbocycles. The Labute approximate surface area is 134 Å². The molecule has 112 valence electrons. The first-order valence-corrected chi connectivity index (χ1v) is 7.79. The second-order valence-electron chi connectivity index (χ2n) is 6.02. The van der Waals surface area contributed by atoms with Gasteiger partial charge in [0, 0.05) is 28.8 Å². The third-order valence-electron chi connectivity index (χ3n) is 2.92. The van der Waals surface area contributed by atoms with Crippen molar-refractivity contribution in [3.63, 3.8) is 0 Å². The van der Waals surface area contributed by atoms with Crippen LogP contribution >= 0.6 is 15.9 Å². The highest BCUT2D eigenvalue weighted by molar-refractivity contribution is 9.10. The first-order valence-electron chi connectivity index (χ1n) is 6.99. The van der Waals surface area contributed by atoms with Gasteiger partial charge in [0.2, 0.25) is 5.88 Å². The maximum absolute atomic E-state index is 5.69. The van der Waals surface area contributed by atoms with Crippen molar-refractivity contribution in [2.24, 2.45) is 0 Å². The molecule has 0 unspecified atom stereocenters. The molecule has 0 spiro atoms. The second-order valence-corrected chi connectivity index (χ2v) is 6.94. The molecule has 1 heterocycles. The molecule has 4 heteroatoms. The Morgan fingerprint density at radius 2 is 1.71 bits per heavy atom. The largest absolute Gasteiger partial charge is 0.473 e. The molecule has 1 N–H and O–H groups in total. The number of halogens is 1. The molecule has 0 amide bonds. The summed E-state index contributed by atoms with van der Waals surface area (Å²) in [6.07, 6.45) is 1.86. The molecule has 1 aromatic carbocycles. The molecule has 0 aliphatic carbocycles. The van der Waals surface area contributed by atoms with E-state index in [9.17, 15) is 0 Å². The van der Waals surface area contributed by atoms with Crippen LogP contribution in [0, 0.1) is 0 Å². The van der Waals surface area contributed by atoms with Gasteiger partial charge in [-0.3, -0.25) is 0 Å². The number of nitrogens with zero attached hydrogens (tertiary/aromatic N) is 1. The van der Waals surface area contributed by atoms with Gasteiger partial charge in [0.05, 0.1) is 0 Å². The standard InChI is InChI=1S/C17H21BrN2O/c1-17(2,3)20-11-14-6-9-16(19-10-14)21-12-13-4-7-15(18)8-5-13/h4-10,20H,11-12H2,1-3H3. The lowest BCUT2D eigenvalue weighted by Crippen LogP contribution is -2.35. The van der Waals surface area contributed by atoms with Crippen molar-refractivity contribution in [3.8, 4) is 5.88 Å². The van der Waals surface area contributed by atoms with E-state index in [-0.39, 0.29) is 5.54 Å². The predicted molar refractivity (Wildman–Crippen MR) is 89.3 cm³/mol. The molecule has 3 nitrogen and oxygen atoms in total. The third kappa shape index (κ3) is 5.86. The quantitative estimate of drug-likeness (QED) is 0.873. The van der Waals surface area contributed by atoms with E-state index in [4.69, 9.17) is 4.74 Å². The molecule has 0 bridgehead atoms. The van der Waals surface area contributed by atoms with Crippen molar-refractivity contribution in [1.29, 1.82) is 0 Å². The van der Waals surface area contributed by atoms with Crippen LogP contribution in [0.4, 0.5) is 0 Å². The summed E-state index contributed by atoms with van der Waals surface area (Å²) in [7, 11) is 0. The first-order chi connectivity index (χ1) is 9.92. The van der Waals surface area contributed by atoms with Crippen molar-refractivity contribution in [2.45, 2.75) is 39.5 Å².